The van der Waals surface area contributed by atoms with Crippen LogP contribution < -0.4 is 5.32 Å². The first-order valence-electron chi connectivity index (χ1n) is 14.3. The molecular formula is C35H36N4OS. The molecule has 1 amide bonds. The molecule has 0 aliphatic carbocycles. The van der Waals surface area contributed by atoms with Crippen molar-refractivity contribution in [2.45, 2.75) is 43.7 Å². The largest absolute Gasteiger partial charge is 0.356 e. The zero-order valence-electron chi connectivity index (χ0n) is 23.4. The summed E-state index contributed by atoms with van der Waals surface area (Å²) in [7, 11) is 0. The van der Waals surface area contributed by atoms with E-state index in [-0.39, 0.29) is 11.8 Å². The molecule has 5 rings (SSSR count). The second-order valence-electron chi connectivity index (χ2n) is 10.2. The summed E-state index contributed by atoms with van der Waals surface area (Å²) in [6, 6.07) is 39.7. The summed E-state index contributed by atoms with van der Waals surface area (Å²) in [5, 5.41) is 13.1. The van der Waals surface area contributed by atoms with Crippen LogP contribution in [0, 0.1) is 6.92 Å². The van der Waals surface area contributed by atoms with Gasteiger partial charge in [0, 0.05) is 35.9 Å². The number of unbranched alkanes of at least 4 members (excludes halogenated alkanes) is 1. The average molecular weight is 561 g/mol. The predicted octanol–water partition coefficient (Wildman–Crippen LogP) is 7.84. The smallest absolute Gasteiger partial charge is 0.219 e. The Morgan fingerprint density at radius 1 is 0.780 bits per heavy atom. The van der Waals surface area contributed by atoms with Crippen LogP contribution in [-0.2, 0) is 4.79 Å². The van der Waals surface area contributed by atoms with Gasteiger partial charge in [0.25, 0.3) is 0 Å². The minimum Gasteiger partial charge on any atom is -0.356 e. The Balaban J connectivity index is 1.11. The van der Waals surface area contributed by atoms with Crippen LogP contribution in [0.2, 0.25) is 0 Å². The van der Waals surface area contributed by atoms with E-state index in [0.29, 0.717) is 13.0 Å². The molecule has 0 bridgehead atoms. The zero-order chi connectivity index (χ0) is 28.3. The second kappa shape index (κ2) is 14.5. The van der Waals surface area contributed by atoms with Gasteiger partial charge in [-0.25, -0.2) is 0 Å². The molecule has 1 N–H and O–H groups in total. The Hall–Kier alpha value is -4.16. The molecule has 5 nitrogen and oxygen atoms in total. The van der Waals surface area contributed by atoms with Crippen LogP contribution in [-0.4, -0.2) is 33.0 Å². The second-order valence-corrected chi connectivity index (χ2v) is 11.2. The molecule has 0 radical (unpaired) electrons. The molecule has 0 spiro atoms. The maximum absolute atomic E-state index is 12.6. The topological polar surface area (TPSA) is 59.8 Å². The standard InChI is InChI=1S/C35H36N4OS/c1-27-20-22-30(23-21-27)34-37-38-35(39(34)31-17-9-4-10-18-31)41-26-12-11-19-33(40)36-25-24-32(28-13-5-2-6-14-28)29-15-7-3-8-16-29/h2-10,13-18,20-23,32H,11-12,19,24-26H2,1H3,(H,36,40). The first-order valence-corrected chi connectivity index (χ1v) is 15.2. The predicted molar refractivity (Wildman–Crippen MR) is 168 cm³/mol. The van der Waals surface area contributed by atoms with Gasteiger partial charge in [0.2, 0.25) is 5.91 Å². The summed E-state index contributed by atoms with van der Waals surface area (Å²) < 4.78 is 2.12. The molecule has 5 aromatic rings. The lowest BCUT2D eigenvalue weighted by atomic mass is 9.88. The maximum atomic E-state index is 12.6. The van der Waals surface area contributed by atoms with Crippen LogP contribution in [0.4, 0.5) is 0 Å². The van der Waals surface area contributed by atoms with Crippen LogP contribution >= 0.6 is 11.8 Å². The van der Waals surface area contributed by atoms with E-state index in [4.69, 9.17) is 0 Å². The van der Waals surface area contributed by atoms with E-state index >= 15 is 0 Å². The third-order valence-electron chi connectivity index (χ3n) is 7.15. The van der Waals surface area contributed by atoms with Crippen molar-refractivity contribution in [3.63, 3.8) is 0 Å². The van der Waals surface area contributed by atoms with E-state index in [1.165, 1.54) is 16.7 Å². The van der Waals surface area contributed by atoms with Gasteiger partial charge in [0.15, 0.2) is 11.0 Å². The molecule has 6 heteroatoms. The summed E-state index contributed by atoms with van der Waals surface area (Å²) in [4.78, 5) is 12.6. The molecule has 41 heavy (non-hydrogen) atoms. The van der Waals surface area contributed by atoms with Gasteiger partial charge in [-0.05, 0) is 49.4 Å². The van der Waals surface area contributed by atoms with E-state index in [2.05, 4.69) is 112 Å². The number of aryl methyl sites for hydroxylation is 1. The number of hydrogen-bond acceptors (Lipinski definition) is 4. The van der Waals surface area contributed by atoms with Crippen LogP contribution in [0.5, 0.6) is 0 Å². The van der Waals surface area contributed by atoms with E-state index in [1.807, 2.05) is 30.3 Å². The number of amides is 1. The van der Waals surface area contributed by atoms with Gasteiger partial charge in [-0.2, -0.15) is 0 Å². The van der Waals surface area contributed by atoms with Gasteiger partial charge in [0.05, 0.1) is 0 Å². The van der Waals surface area contributed by atoms with Crippen LogP contribution in [0.1, 0.15) is 48.3 Å². The van der Waals surface area contributed by atoms with Crippen LogP contribution in [0.15, 0.2) is 120 Å². The van der Waals surface area contributed by atoms with Crippen LogP contribution in [0.3, 0.4) is 0 Å². The number of carbonyl (C=O) groups excluding carboxylic acids is 1. The number of benzene rings is 4. The van der Waals surface area contributed by atoms with Crippen molar-refractivity contribution in [2.75, 3.05) is 12.3 Å². The molecule has 0 saturated carbocycles. The van der Waals surface area contributed by atoms with Gasteiger partial charge in [-0.15, -0.1) is 10.2 Å². The SMILES string of the molecule is Cc1ccc(-c2nnc(SCCCCC(=O)NCCC(c3ccccc3)c3ccccc3)n2-c2ccccc2)cc1. The normalized spacial score (nSPS) is 11.1. The van der Waals surface area contributed by atoms with Gasteiger partial charge >= 0.3 is 0 Å². The highest BCUT2D eigenvalue weighted by atomic mass is 32.2. The lowest BCUT2D eigenvalue weighted by Gasteiger charge is -2.18. The summed E-state index contributed by atoms with van der Waals surface area (Å²) >= 11 is 1.69. The number of nitrogens with one attached hydrogen (secondary N) is 1. The molecule has 0 unspecified atom stereocenters. The fourth-order valence-electron chi connectivity index (χ4n) is 4.95. The maximum Gasteiger partial charge on any atom is 0.219 e. The molecule has 0 atom stereocenters. The fraction of sp³-hybridized carbons (Fsp3) is 0.229. The summed E-state index contributed by atoms with van der Waals surface area (Å²) in [5.41, 5.74) is 5.85. The highest BCUT2D eigenvalue weighted by molar-refractivity contribution is 7.99. The average Bonchev–Trinajstić information content (AvgIpc) is 3.44. The number of para-hydroxylation sites is 1. The highest BCUT2D eigenvalue weighted by Crippen LogP contribution is 2.29. The van der Waals surface area contributed by atoms with Crippen molar-refractivity contribution in [3.05, 3.63) is 132 Å². The minimum atomic E-state index is 0.115. The van der Waals surface area contributed by atoms with E-state index in [1.54, 1.807) is 11.8 Å². The zero-order valence-corrected chi connectivity index (χ0v) is 24.3. The quantitative estimate of drug-likeness (QED) is 0.118. The minimum absolute atomic E-state index is 0.115. The van der Waals surface area contributed by atoms with Crippen molar-refractivity contribution >= 4 is 17.7 Å². The first kappa shape index (κ1) is 28.4. The molecule has 4 aromatic carbocycles. The third-order valence-corrected chi connectivity index (χ3v) is 8.16. The van der Waals surface area contributed by atoms with Crippen LogP contribution in [0.25, 0.3) is 17.1 Å². The monoisotopic (exact) mass is 560 g/mol. The number of nitrogens with zero attached hydrogens (tertiary/aromatic N) is 3. The first-order chi connectivity index (χ1) is 20.2. The van der Waals surface area contributed by atoms with Gasteiger partial charge in [0.1, 0.15) is 0 Å². The Bertz CT molecular complexity index is 1460. The molecule has 1 heterocycles. The van der Waals surface area contributed by atoms with Crippen molar-refractivity contribution in [1.29, 1.82) is 0 Å². The van der Waals surface area contributed by atoms with Crippen molar-refractivity contribution in [3.8, 4) is 17.1 Å². The fourth-order valence-corrected chi connectivity index (χ4v) is 5.91. The molecule has 208 valence electrons. The van der Waals surface area contributed by atoms with Crippen molar-refractivity contribution in [1.82, 2.24) is 20.1 Å². The molecule has 0 saturated heterocycles. The number of aromatic nitrogens is 3. The summed E-state index contributed by atoms with van der Waals surface area (Å²) in [6.45, 7) is 2.74. The molecule has 1 aromatic heterocycles. The Morgan fingerprint density at radius 3 is 2.02 bits per heavy atom. The van der Waals surface area contributed by atoms with E-state index in [0.717, 1.165) is 47.2 Å². The Morgan fingerprint density at radius 2 is 1.39 bits per heavy atom. The van der Waals surface area contributed by atoms with Crippen molar-refractivity contribution < 1.29 is 4.79 Å². The molecule has 0 fully saturated rings. The van der Waals surface area contributed by atoms with Gasteiger partial charge in [-0.1, -0.05) is 120 Å². The number of hydrogen-bond donors (Lipinski definition) is 1. The summed E-state index contributed by atoms with van der Waals surface area (Å²) in [6.07, 6.45) is 3.16. The Labute approximate surface area is 247 Å². The number of carbonyl (C=O) groups is 1. The highest BCUT2D eigenvalue weighted by Gasteiger charge is 2.17. The Kier molecular flexibility index (Phi) is 10.0. The van der Waals surface area contributed by atoms with E-state index in [9.17, 15) is 4.79 Å². The lowest BCUT2D eigenvalue weighted by Crippen LogP contribution is -2.25. The molecule has 0 aliphatic heterocycles. The molecule has 0 aliphatic rings. The number of thioether (sulfide) groups is 1. The van der Waals surface area contributed by atoms with Gasteiger partial charge < -0.3 is 5.32 Å². The van der Waals surface area contributed by atoms with Gasteiger partial charge in [-0.3, -0.25) is 9.36 Å². The summed E-state index contributed by atoms with van der Waals surface area (Å²) in [5.74, 6) is 2.09. The molecular weight excluding hydrogens is 524 g/mol. The lowest BCUT2D eigenvalue weighted by molar-refractivity contribution is -0.121. The third kappa shape index (κ3) is 7.74. The van der Waals surface area contributed by atoms with E-state index < -0.39 is 0 Å². The number of rotatable bonds is 13. The van der Waals surface area contributed by atoms with Crippen molar-refractivity contribution in [2.24, 2.45) is 0 Å².